The highest BCUT2D eigenvalue weighted by Crippen LogP contribution is 2.35. The number of nitrogens with zero attached hydrogens (tertiary/aromatic N) is 2. The van der Waals surface area contributed by atoms with Crippen molar-refractivity contribution in [2.75, 3.05) is 13.2 Å². The van der Waals surface area contributed by atoms with Crippen LogP contribution in [0.4, 0.5) is 0 Å². The van der Waals surface area contributed by atoms with Crippen LogP contribution in [0.5, 0.6) is 0 Å². The monoisotopic (exact) mass is 660 g/mol. The van der Waals surface area contributed by atoms with Gasteiger partial charge < -0.3 is 30.3 Å². The van der Waals surface area contributed by atoms with E-state index in [9.17, 15) is 4.79 Å². The van der Waals surface area contributed by atoms with Crippen LogP contribution >= 0.6 is 0 Å². The van der Waals surface area contributed by atoms with Crippen molar-refractivity contribution in [1.29, 1.82) is 0 Å². The van der Waals surface area contributed by atoms with Crippen molar-refractivity contribution in [3.63, 3.8) is 0 Å². The first kappa shape index (κ1) is 36.5. The molecule has 0 spiro atoms. The van der Waals surface area contributed by atoms with E-state index in [2.05, 4.69) is 59.0 Å². The smallest absolute Gasteiger partial charge is 0.251 e. The number of rotatable bonds is 8. The molecule has 6 rings (SSSR count). The lowest BCUT2D eigenvalue weighted by molar-refractivity contribution is 0.0922. The molecule has 6 aromatic rings. The Morgan fingerprint density at radius 1 is 0.653 bits per heavy atom. The maximum Gasteiger partial charge on any atom is 0.251 e. The number of aliphatic hydroxyl groups excluding tert-OH is 2. The summed E-state index contributed by atoms with van der Waals surface area (Å²) in [5.74, 6) is 1.37. The molecule has 2 aromatic heterocycles. The Morgan fingerprint density at radius 3 is 1.45 bits per heavy atom. The number of nitrogens with one attached hydrogen (secondary N) is 1. The number of hydrogen-bond acceptors (Lipinski definition) is 8. The van der Waals surface area contributed by atoms with Gasteiger partial charge in [-0.25, -0.2) is 0 Å². The first-order valence-corrected chi connectivity index (χ1v) is 16.1. The highest BCUT2D eigenvalue weighted by molar-refractivity contribution is 5.95. The Hall–Kier alpha value is -5.35. The summed E-state index contributed by atoms with van der Waals surface area (Å²) in [6.45, 7) is 9.40. The maximum absolute atomic E-state index is 12.1. The summed E-state index contributed by atoms with van der Waals surface area (Å²) < 4.78 is 10.8. The quantitative estimate of drug-likeness (QED) is 0.132. The molecule has 0 bridgehead atoms. The largest absolute Gasteiger partial charge is 0.395 e. The molecule has 0 aliphatic rings. The molecule has 5 N–H and O–H groups in total. The molecule has 49 heavy (non-hydrogen) atoms. The fraction of sp³-hybridized carbons (Fsp3) is 0.225. The number of carbonyl (C=O) groups excluding carboxylic acids is 1. The van der Waals surface area contributed by atoms with Crippen molar-refractivity contribution in [3.05, 3.63) is 132 Å². The molecule has 0 saturated heterocycles. The number of amides is 1. The summed E-state index contributed by atoms with van der Waals surface area (Å²) in [5.41, 5.74) is 14.6. The third kappa shape index (κ3) is 9.84. The summed E-state index contributed by atoms with van der Waals surface area (Å²) in [6, 6.07) is 35.3. The van der Waals surface area contributed by atoms with Crippen LogP contribution in [0.3, 0.4) is 0 Å². The second kappa shape index (κ2) is 17.7. The lowest BCUT2D eigenvalue weighted by Crippen LogP contribution is -2.34. The Labute approximate surface area is 287 Å². The molecule has 9 nitrogen and oxygen atoms in total. The summed E-state index contributed by atoms with van der Waals surface area (Å²) in [4.78, 5) is 12.1. The SMILES string of the molecule is C[C@H](N)CO.Cc1ccc(-c2c(-c3ccccc3)noc2C)cc1.Cc1onc(-c2ccccc2)c1-c1ccc(C(=O)N[C@@H](C)CO)cc1. The van der Waals surface area contributed by atoms with Gasteiger partial charge in [0.05, 0.1) is 24.3 Å². The summed E-state index contributed by atoms with van der Waals surface area (Å²) >= 11 is 0. The Morgan fingerprint density at radius 2 is 1.06 bits per heavy atom. The van der Waals surface area contributed by atoms with Crippen LogP contribution in [0.2, 0.25) is 0 Å². The fourth-order valence-electron chi connectivity index (χ4n) is 4.87. The van der Waals surface area contributed by atoms with E-state index in [0.717, 1.165) is 56.3 Å². The van der Waals surface area contributed by atoms with Gasteiger partial charge in [0.25, 0.3) is 5.91 Å². The topological polar surface area (TPSA) is 148 Å². The van der Waals surface area contributed by atoms with Gasteiger partial charge in [-0.2, -0.15) is 0 Å². The molecule has 254 valence electrons. The van der Waals surface area contributed by atoms with Gasteiger partial charge in [-0.15, -0.1) is 0 Å². The first-order chi connectivity index (χ1) is 23.6. The predicted octanol–water partition coefficient (Wildman–Crippen LogP) is 7.38. The molecule has 0 aliphatic heterocycles. The maximum atomic E-state index is 12.1. The summed E-state index contributed by atoms with van der Waals surface area (Å²) in [5, 5.41) is 28.2. The minimum atomic E-state index is -0.280. The molecule has 2 heterocycles. The Kier molecular flexibility index (Phi) is 13.2. The van der Waals surface area contributed by atoms with E-state index in [4.69, 9.17) is 25.0 Å². The van der Waals surface area contributed by atoms with Gasteiger partial charge in [0.2, 0.25) is 0 Å². The number of aromatic nitrogens is 2. The van der Waals surface area contributed by atoms with E-state index in [-0.39, 0.29) is 31.2 Å². The first-order valence-electron chi connectivity index (χ1n) is 16.1. The van der Waals surface area contributed by atoms with Gasteiger partial charge in [0.1, 0.15) is 22.9 Å². The molecule has 1 amide bonds. The van der Waals surface area contributed by atoms with E-state index in [0.29, 0.717) is 5.56 Å². The standard InChI is InChI=1S/C20H20N2O3.C17H15NO.C3H9NO/c1-13(12-23)21-20(24)17-10-8-15(9-11-17)18-14(2)25-22-19(18)16-6-4-3-5-7-16;1-12-8-10-14(11-9-12)16-13(2)19-18-17(16)15-6-4-3-5-7-15;1-3(4)2-5/h3-11,13,23H,12H2,1-2H3,(H,21,24);3-11H,1-2H3;3,5H,2,4H2,1H3/t13-;;3-/m0.0/s1. The molecule has 2 atom stereocenters. The van der Waals surface area contributed by atoms with E-state index in [1.54, 1.807) is 26.0 Å². The van der Waals surface area contributed by atoms with Crippen molar-refractivity contribution in [2.24, 2.45) is 5.73 Å². The number of aryl methyl sites for hydroxylation is 3. The highest BCUT2D eigenvalue weighted by Gasteiger charge is 2.18. The molecule has 0 fully saturated rings. The normalized spacial score (nSPS) is 11.8. The highest BCUT2D eigenvalue weighted by atomic mass is 16.5. The third-order valence-electron chi connectivity index (χ3n) is 7.54. The van der Waals surface area contributed by atoms with Gasteiger partial charge in [-0.3, -0.25) is 4.79 Å². The molecule has 9 heteroatoms. The molecule has 0 aliphatic carbocycles. The number of benzene rings is 4. The van der Waals surface area contributed by atoms with Crippen molar-refractivity contribution >= 4 is 5.91 Å². The van der Waals surface area contributed by atoms with Crippen LogP contribution in [0, 0.1) is 20.8 Å². The number of hydrogen-bond donors (Lipinski definition) is 4. The minimum absolute atomic E-state index is 0.0602. The Bertz CT molecular complexity index is 1880. The van der Waals surface area contributed by atoms with E-state index >= 15 is 0 Å². The second-order valence-electron chi connectivity index (χ2n) is 11.8. The average Bonchev–Trinajstić information content (AvgIpc) is 3.72. The molecule has 4 aromatic carbocycles. The van der Waals surface area contributed by atoms with Gasteiger partial charge in [-0.05, 0) is 57.9 Å². The van der Waals surface area contributed by atoms with Crippen LogP contribution in [-0.2, 0) is 0 Å². The van der Waals surface area contributed by atoms with Crippen molar-refractivity contribution in [2.45, 2.75) is 46.7 Å². The van der Waals surface area contributed by atoms with Crippen LogP contribution in [0.25, 0.3) is 44.8 Å². The molecule has 0 unspecified atom stereocenters. The van der Waals surface area contributed by atoms with Crippen molar-refractivity contribution < 1.29 is 24.1 Å². The Balaban J connectivity index is 0.000000199. The molecular weight excluding hydrogens is 616 g/mol. The molecule has 0 saturated carbocycles. The molecular formula is C40H44N4O5. The van der Waals surface area contributed by atoms with Crippen LogP contribution < -0.4 is 11.1 Å². The van der Waals surface area contributed by atoms with Crippen LogP contribution in [0.15, 0.2) is 118 Å². The predicted molar refractivity (Wildman–Crippen MR) is 194 cm³/mol. The summed E-state index contributed by atoms with van der Waals surface area (Å²) in [7, 11) is 0. The third-order valence-corrected chi connectivity index (χ3v) is 7.54. The number of nitrogens with two attached hydrogens (primary N) is 1. The number of carbonyl (C=O) groups is 1. The second-order valence-corrected chi connectivity index (χ2v) is 11.8. The minimum Gasteiger partial charge on any atom is -0.395 e. The lowest BCUT2D eigenvalue weighted by atomic mass is 9.98. The number of aliphatic hydroxyl groups is 2. The van der Waals surface area contributed by atoms with E-state index < -0.39 is 0 Å². The zero-order valence-electron chi connectivity index (χ0n) is 28.6. The van der Waals surface area contributed by atoms with E-state index in [1.807, 2.05) is 74.5 Å². The lowest BCUT2D eigenvalue weighted by Gasteiger charge is -2.11. The van der Waals surface area contributed by atoms with Gasteiger partial charge in [0, 0.05) is 28.8 Å². The van der Waals surface area contributed by atoms with Crippen molar-refractivity contribution in [3.8, 4) is 44.8 Å². The fourth-order valence-corrected chi connectivity index (χ4v) is 4.87. The summed E-state index contributed by atoms with van der Waals surface area (Å²) in [6.07, 6.45) is 0. The van der Waals surface area contributed by atoms with Gasteiger partial charge in [0.15, 0.2) is 0 Å². The van der Waals surface area contributed by atoms with Gasteiger partial charge >= 0.3 is 0 Å². The van der Waals surface area contributed by atoms with E-state index in [1.165, 1.54) is 5.56 Å². The van der Waals surface area contributed by atoms with Gasteiger partial charge in [-0.1, -0.05) is 113 Å². The zero-order chi connectivity index (χ0) is 35.3. The van der Waals surface area contributed by atoms with Crippen molar-refractivity contribution in [1.82, 2.24) is 15.6 Å². The zero-order valence-corrected chi connectivity index (χ0v) is 28.6. The molecule has 0 radical (unpaired) electrons. The van der Waals surface area contributed by atoms with Crippen LogP contribution in [-0.4, -0.2) is 51.7 Å². The van der Waals surface area contributed by atoms with Crippen LogP contribution in [0.1, 0.15) is 41.3 Å². The average molecular weight is 661 g/mol.